The normalized spacial score (nSPS) is 11.4. The number of hydrogen-bond acceptors (Lipinski definition) is 1. The Morgan fingerprint density at radius 3 is 2.92 bits per heavy atom. The molecule has 0 aliphatic carbocycles. The lowest BCUT2D eigenvalue weighted by Gasteiger charge is -1.86. The van der Waals surface area contributed by atoms with Gasteiger partial charge in [-0.25, -0.2) is 0 Å². The van der Waals surface area contributed by atoms with Crippen LogP contribution in [0.1, 0.15) is 12.5 Å². The van der Waals surface area contributed by atoms with Crippen LogP contribution in [0.4, 0.5) is 0 Å². The Morgan fingerprint density at radius 1 is 1.25 bits per heavy atom. The summed E-state index contributed by atoms with van der Waals surface area (Å²) < 4.78 is 5.35. The van der Waals surface area contributed by atoms with E-state index >= 15 is 0 Å². The molecule has 0 bridgehead atoms. The Kier molecular flexibility index (Phi) is 1.71. The van der Waals surface area contributed by atoms with Crippen molar-refractivity contribution in [3.05, 3.63) is 42.2 Å². The van der Waals surface area contributed by atoms with Gasteiger partial charge in [-0.15, -0.1) is 0 Å². The van der Waals surface area contributed by atoms with Gasteiger partial charge < -0.3 is 4.42 Å². The number of rotatable bonds is 1. The van der Waals surface area contributed by atoms with Gasteiger partial charge in [-0.2, -0.15) is 0 Å². The van der Waals surface area contributed by atoms with E-state index in [1.165, 1.54) is 5.39 Å². The quantitative estimate of drug-likeness (QED) is 0.619. The molecular formula is C11H10O. The van der Waals surface area contributed by atoms with E-state index in [0.29, 0.717) is 0 Å². The second-order valence-corrected chi connectivity index (χ2v) is 2.69. The molecule has 12 heavy (non-hydrogen) atoms. The topological polar surface area (TPSA) is 13.1 Å². The molecule has 1 heterocycles. The van der Waals surface area contributed by atoms with Crippen molar-refractivity contribution in [1.82, 2.24) is 0 Å². The molecule has 1 nitrogen and oxygen atoms in total. The molecule has 1 aromatic carbocycles. The summed E-state index contributed by atoms with van der Waals surface area (Å²) in [4.78, 5) is 0. The van der Waals surface area contributed by atoms with Crippen LogP contribution in [0.2, 0.25) is 0 Å². The summed E-state index contributed by atoms with van der Waals surface area (Å²) in [7, 11) is 0. The van der Waals surface area contributed by atoms with Crippen molar-refractivity contribution in [3.8, 4) is 0 Å². The fourth-order valence-electron chi connectivity index (χ4n) is 1.31. The van der Waals surface area contributed by atoms with Gasteiger partial charge in [0, 0.05) is 10.9 Å². The smallest absolute Gasteiger partial charge is 0.134 e. The van der Waals surface area contributed by atoms with Gasteiger partial charge in [0.2, 0.25) is 0 Å². The van der Waals surface area contributed by atoms with Crippen LogP contribution in [0, 0.1) is 0 Å². The number of furan rings is 1. The van der Waals surface area contributed by atoms with E-state index in [0.717, 1.165) is 11.1 Å². The van der Waals surface area contributed by atoms with Crippen LogP contribution in [0.3, 0.4) is 0 Å². The van der Waals surface area contributed by atoms with Gasteiger partial charge >= 0.3 is 0 Å². The third kappa shape index (κ3) is 1.03. The van der Waals surface area contributed by atoms with Gasteiger partial charge in [0.05, 0.1) is 6.26 Å². The molecule has 0 aliphatic rings. The molecule has 2 aromatic rings. The zero-order chi connectivity index (χ0) is 8.39. The van der Waals surface area contributed by atoms with E-state index in [1.807, 2.05) is 37.3 Å². The summed E-state index contributed by atoms with van der Waals surface area (Å²) in [6.07, 6.45) is 5.84. The predicted octanol–water partition coefficient (Wildman–Crippen LogP) is 3.47. The molecule has 0 saturated carbocycles. The number of para-hydroxylation sites is 1. The third-order valence-electron chi connectivity index (χ3n) is 1.86. The highest BCUT2D eigenvalue weighted by Crippen LogP contribution is 2.21. The number of benzene rings is 1. The molecular weight excluding hydrogens is 148 g/mol. The monoisotopic (exact) mass is 158 g/mol. The number of allylic oxidation sites excluding steroid dienone is 1. The summed E-state index contributed by atoms with van der Waals surface area (Å²) in [5.41, 5.74) is 2.10. The van der Waals surface area contributed by atoms with E-state index in [-0.39, 0.29) is 0 Å². The predicted molar refractivity (Wildman–Crippen MR) is 50.9 cm³/mol. The van der Waals surface area contributed by atoms with Gasteiger partial charge in [-0.1, -0.05) is 30.4 Å². The maximum absolute atomic E-state index is 5.35. The minimum atomic E-state index is 0.950. The standard InChI is InChI=1S/C11H10O/c1-2-5-9-8-12-11-7-4-3-6-10(9)11/h2-8H,1H3/b5-2-. The van der Waals surface area contributed by atoms with Crippen molar-refractivity contribution in [2.24, 2.45) is 0 Å². The third-order valence-corrected chi connectivity index (χ3v) is 1.86. The molecule has 2 rings (SSSR count). The van der Waals surface area contributed by atoms with Crippen molar-refractivity contribution in [2.75, 3.05) is 0 Å². The van der Waals surface area contributed by atoms with Crippen LogP contribution in [0.25, 0.3) is 17.0 Å². The van der Waals surface area contributed by atoms with Crippen molar-refractivity contribution >= 4 is 17.0 Å². The summed E-state index contributed by atoms with van der Waals surface area (Å²) in [6, 6.07) is 8.03. The summed E-state index contributed by atoms with van der Waals surface area (Å²) >= 11 is 0. The molecule has 1 aromatic heterocycles. The average molecular weight is 158 g/mol. The zero-order valence-corrected chi connectivity index (χ0v) is 6.95. The van der Waals surface area contributed by atoms with Crippen molar-refractivity contribution in [3.63, 3.8) is 0 Å². The van der Waals surface area contributed by atoms with Gasteiger partial charge in [0.25, 0.3) is 0 Å². The SMILES string of the molecule is C/C=C\c1coc2ccccc12. The maximum atomic E-state index is 5.35. The van der Waals surface area contributed by atoms with Crippen molar-refractivity contribution in [2.45, 2.75) is 6.92 Å². The first-order chi connectivity index (χ1) is 5.92. The lowest BCUT2D eigenvalue weighted by molar-refractivity contribution is 0.615. The first-order valence-electron chi connectivity index (χ1n) is 4.01. The van der Waals surface area contributed by atoms with E-state index in [2.05, 4.69) is 6.07 Å². The summed E-state index contributed by atoms with van der Waals surface area (Å²) in [6.45, 7) is 2.00. The van der Waals surface area contributed by atoms with Crippen LogP contribution in [-0.2, 0) is 0 Å². The minimum Gasteiger partial charge on any atom is -0.464 e. The largest absolute Gasteiger partial charge is 0.464 e. The van der Waals surface area contributed by atoms with Crippen LogP contribution < -0.4 is 0 Å². The fraction of sp³-hybridized carbons (Fsp3) is 0.0909. The Bertz CT molecular complexity index is 410. The molecule has 0 fully saturated rings. The second kappa shape index (κ2) is 2.86. The molecule has 0 amide bonds. The minimum absolute atomic E-state index is 0.950. The van der Waals surface area contributed by atoms with Crippen LogP contribution in [0.15, 0.2) is 41.0 Å². The maximum Gasteiger partial charge on any atom is 0.134 e. The molecule has 1 heteroatoms. The van der Waals surface area contributed by atoms with Gasteiger partial charge in [0.15, 0.2) is 0 Å². The van der Waals surface area contributed by atoms with Crippen molar-refractivity contribution < 1.29 is 4.42 Å². The molecule has 0 saturated heterocycles. The Labute approximate surface area is 71.3 Å². The molecule has 0 spiro atoms. The highest BCUT2D eigenvalue weighted by molar-refractivity contribution is 5.86. The zero-order valence-electron chi connectivity index (χ0n) is 6.95. The summed E-state index contributed by atoms with van der Waals surface area (Å²) in [5.74, 6) is 0. The lowest BCUT2D eigenvalue weighted by Crippen LogP contribution is -1.65. The first-order valence-corrected chi connectivity index (χ1v) is 4.01. The average Bonchev–Trinajstić information content (AvgIpc) is 2.50. The Morgan fingerprint density at radius 2 is 2.08 bits per heavy atom. The highest BCUT2D eigenvalue weighted by Gasteiger charge is 1.99. The molecule has 0 aliphatic heterocycles. The van der Waals surface area contributed by atoms with Gasteiger partial charge in [-0.05, 0) is 13.0 Å². The van der Waals surface area contributed by atoms with Crippen LogP contribution >= 0.6 is 0 Å². The van der Waals surface area contributed by atoms with Crippen LogP contribution in [0.5, 0.6) is 0 Å². The Hall–Kier alpha value is -1.50. The van der Waals surface area contributed by atoms with E-state index < -0.39 is 0 Å². The molecule has 60 valence electrons. The van der Waals surface area contributed by atoms with Gasteiger partial charge in [-0.3, -0.25) is 0 Å². The number of fused-ring (bicyclic) bond motifs is 1. The molecule has 0 radical (unpaired) electrons. The fourth-order valence-corrected chi connectivity index (χ4v) is 1.31. The second-order valence-electron chi connectivity index (χ2n) is 2.69. The lowest BCUT2D eigenvalue weighted by atomic mass is 10.2. The summed E-state index contributed by atoms with van der Waals surface area (Å²) in [5, 5.41) is 1.18. The van der Waals surface area contributed by atoms with Crippen molar-refractivity contribution in [1.29, 1.82) is 0 Å². The van der Waals surface area contributed by atoms with Crippen LogP contribution in [-0.4, -0.2) is 0 Å². The van der Waals surface area contributed by atoms with E-state index in [1.54, 1.807) is 6.26 Å². The molecule has 0 N–H and O–H groups in total. The Balaban J connectivity index is 2.70. The van der Waals surface area contributed by atoms with E-state index in [4.69, 9.17) is 4.42 Å². The molecule has 0 unspecified atom stereocenters. The first kappa shape index (κ1) is 7.17. The molecule has 0 atom stereocenters. The van der Waals surface area contributed by atoms with Gasteiger partial charge in [0.1, 0.15) is 5.58 Å². The number of hydrogen-bond donors (Lipinski definition) is 0. The highest BCUT2D eigenvalue weighted by atomic mass is 16.3. The van der Waals surface area contributed by atoms with E-state index in [9.17, 15) is 0 Å².